The molecule has 1 aromatic carbocycles. The molecule has 0 bridgehead atoms. The van der Waals surface area contributed by atoms with Crippen LogP contribution in [0.4, 0.5) is 0 Å². The van der Waals surface area contributed by atoms with Gasteiger partial charge in [-0.2, -0.15) is 0 Å². The minimum Gasteiger partial charge on any atom is -0.486 e. The van der Waals surface area contributed by atoms with Crippen molar-refractivity contribution < 1.29 is 9.53 Å². The van der Waals surface area contributed by atoms with Gasteiger partial charge in [-0.15, -0.1) is 0 Å². The Morgan fingerprint density at radius 2 is 2.06 bits per heavy atom. The number of hydrogen-bond donors (Lipinski definition) is 0. The van der Waals surface area contributed by atoms with E-state index in [1.807, 2.05) is 18.2 Å². The SMILES string of the molecule is CC1(C)CCC12CCc1c(C=O)cccc1O2. The van der Waals surface area contributed by atoms with Gasteiger partial charge >= 0.3 is 0 Å². The van der Waals surface area contributed by atoms with E-state index >= 15 is 0 Å². The van der Waals surface area contributed by atoms with Gasteiger partial charge in [0.25, 0.3) is 0 Å². The molecule has 1 aromatic rings. The molecule has 90 valence electrons. The zero-order chi connectivity index (χ0) is 12.1. The number of carbonyl (C=O) groups is 1. The zero-order valence-electron chi connectivity index (χ0n) is 10.5. The van der Waals surface area contributed by atoms with Gasteiger partial charge < -0.3 is 4.74 Å². The van der Waals surface area contributed by atoms with Crippen LogP contribution in [0.15, 0.2) is 18.2 Å². The molecule has 0 saturated heterocycles. The van der Waals surface area contributed by atoms with Crippen molar-refractivity contribution in [2.75, 3.05) is 0 Å². The number of fused-ring (bicyclic) bond motifs is 1. The van der Waals surface area contributed by atoms with E-state index < -0.39 is 0 Å². The maximum absolute atomic E-state index is 11.0. The lowest BCUT2D eigenvalue weighted by molar-refractivity contribution is -0.138. The first-order chi connectivity index (χ1) is 8.08. The fourth-order valence-corrected chi connectivity index (χ4v) is 3.20. The maximum atomic E-state index is 11.0. The minimum atomic E-state index is 0.0154. The number of ether oxygens (including phenoxy) is 1. The van der Waals surface area contributed by atoms with Crippen LogP contribution in [0.3, 0.4) is 0 Å². The highest BCUT2D eigenvalue weighted by molar-refractivity contribution is 5.78. The molecule has 1 atom stereocenters. The molecule has 1 spiro atoms. The highest BCUT2D eigenvalue weighted by atomic mass is 16.5. The lowest BCUT2D eigenvalue weighted by atomic mass is 9.56. The molecule has 0 aromatic heterocycles. The Kier molecular flexibility index (Phi) is 2.13. The van der Waals surface area contributed by atoms with Crippen molar-refractivity contribution in [3.63, 3.8) is 0 Å². The Morgan fingerprint density at radius 1 is 1.24 bits per heavy atom. The number of aldehydes is 1. The normalized spacial score (nSPS) is 29.1. The van der Waals surface area contributed by atoms with Gasteiger partial charge in [0.15, 0.2) is 0 Å². The summed E-state index contributed by atoms with van der Waals surface area (Å²) in [5.74, 6) is 0.925. The summed E-state index contributed by atoms with van der Waals surface area (Å²) < 4.78 is 6.25. The van der Waals surface area contributed by atoms with Crippen molar-refractivity contribution in [1.82, 2.24) is 0 Å². The number of hydrogen-bond acceptors (Lipinski definition) is 2. The second-order valence-corrected chi connectivity index (χ2v) is 5.92. The standard InChI is InChI=1S/C15H18O2/c1-14(2)8-9-15(14)7-6-12-11(10-16)4-3-5-13(12)17-15/h3-5,10H,6-9H2,1-2H3. The predicted molar refractivity (Wildman–Crippen MR) is 66.5 cm³/mol. The van der Waals surface area contributed by atoms with Crippen molar-refractivity contribution in [1.29, 1.82) is 0 Å². The molecule has 1 saturated carbocycles. The average Bonchev–Trinajstić information content (AvgIpc) is 2.36. The topological polar surface area (TPSA) is 26.3 Å². The molecule has 2 heteroatoms. The molecule has 0 radical (unpaired) electrons. The molecule has 2 aliphatic rings. The Labute approximate surface area is 102 Å². The number of rotatable bonds is 1. The van der Waals surface area contributed by atoms with Gasteiger partial charge in [0, 0.05) is 16.5 Å². The first kappa shape index (κ1) is 10.8. The highest BCUT2D eigenvalue weighted by Gasteiger charge is 2.56. The molecular weight excluding hydrogens is 212 g/mol. The molecular formula is C15H18O2. The van der Waals surface area contributed by atoms with E-state index in [4.69, 9.17) is 4.74 Å². The van der Waals surface area contributed by atoms with E-state index in [1.165, 1.54) is 6.42 Å². The summed E-state index contributed by atoms with van der Waals surface area (Å²) in [7, 11) is 0. The molecule has 17 heavy (non-hydrogen) atoms. The predicted octanol–water partition coefficient (Wildman–Crippen LogP) is 3.38. The molecule has 2 nitrogen and oxygen atoms in total. The van der Waals surface area contributed by atoms with Gasteiger partial charge in [-0.1, -0.05) is 26.0 Å². The van der Waals surface area contributed by atoms with Crippen LogP contribution in [0.2, 0.25) is 0 Å². The lowest BCUT2D eigenvalue weighted by Crippen LogP contribution is -2.59. The van der Waals surface area contributed by atoms with E-state index in [2.05, 4.69) is 13.8 Å². The van der Waals surface area contributed by atoms with E-state index in [1.54, 1.807) is 0 Å². The summed E-state index contributed by atoms with van der Waals surface area (Å²) in [4.78, 5) is 11.0. The Morgan fingerprint density at radius 3 is 2.65 bits per heavy atom. The first-order valence-electron chi connectivity index (χ1n) is 6.34. The Balaban J connectivity index is 2.00. The smallest absolute Gasteiger partial charge is 0.150 e. The van der Waals surface area contributed by atoms with Crippen LogP contribution in [-0.4, -0.2) is 11.9 Å². The van der Waals surface area contributed by atoms with Crippen LogP contribution < -0.4 is 4.74 Å². The van der Waals surface area contributed by atoms with Crippen molar-refractivity contribution in [3.8, 4) is 5.75 Å². The molecule has 1 heterocycles. The van der Waals surface area contributed by atoms with E-state index in [0.717, 1.165) is 42.4 Å². The Bertz CT molecular complexity index is 476. The van der Waals surface area contributed by atoms with Crippen molar-refractivity contribution >= 4 is 6.29 Å². The largest absolute Gasteiger partial charge is 0.486 e. The van der Waals surface area contributed by atoms with Crippen molar-refractivity contribution in [2.24, 2.45) is 5.41 Å². The van der Waals surface area contributed by atoms with Crippen LogP contribution in [0.1, 0.15) is 49.0 Å². The second kappa shape index (κ2) is 3.34. The number of benzene rings is 1. The van der Waals surface area contributed by atoms with Crippen LogP contribution in [0.5, 0.6) is 5.75 Å². The molecule has 3 rings (SSSR count). The van der Waals surface area contributed by atoms with Gasteiger partial charge in [-0.05, 0) is 31.7 Å². The monoisotopic (exact) mass is 230 g/mol. The molecule has 1 unspecified atom stereocenters. The highest BCUT2D eigenvalue weighted by Crippen LogP contribution is 2.56. The fraction of sp³-hybridized carbons (Fsp3) is 0.533. The van der Waals surface area contributed by atoms with Crippen LogP contribution >= 0.6 is 0 Å². The molecule has 1 aliphatic carbocycles. The van der Waals surface area contributed by atoms with Gasteiger partial charge in [0.2, 0.25) is 0 Å². The van der Waals surface area contributed by atoms with Crippen molar-refractivity contribution in [3.05, 3.63) is 29.3 Å². The van der Waals surface area contributed by atoms with Gasteiger partial charge in [0.1, 0.15) is 17.6 Å². The zero-order valence-corrected chi connectivity index (χ0v) is 10.5. The third-order valence-corrected chi connectivity index (χ3v) is 4.77. The molecule has 1 fully saturated rings. The molecule has 0 amide bonds. The first-order valence-corrected chi connectivity index (χ1v) is 6.34. The van der Waals surface area contributed by atoms with E-state index in [9.17, 15) is 4.79 Å². The van der Waals surface area contributed by atoms with Gasteiger partial charge in [0.05, 0.1) is 0 Å². The fourth-order valence-electron chi connectivity index (χ4n) is 3.20. The lowest BCUT2D eigenvalue weighted by Gasteiger charge is -2.57. The minimum absolute atomic E-state index is 0.0154. The molecule has 1 aliphatic heterocycles. The molecule has 0 N–H and O–H groups in total. The summed E-state index contributed by atoms with van der Waals surface area (Å²) >= 11 is 0. The summed E-state index contributed by atoms with van der Waals surface area (Å²) in [5, 5.41) is 0. The summed E-state index contributed by atoms with van der Waals surface area (Å²) in [6, 6.07) is 5.78. The van der Waals surface area contributed by atoms with Gasteiger partial charge in [-0.25, -0.2) is 0 Å². The Hall–Kier alpha value is -1.31. The van der Waals surface area contributed by atoms with Crippen molar-refractivity contribution in [2.45, 2.75) is 45.1 Å². The second-order valence-electron chi connectivity index (χ2n) is 5.92. The maximum Gasteiger partial charge on any atom is 0.150 e. The summed E-state index contributed by atoms with van der Waals surface area (Å²) in [6.45, 7) is 4.57. The quantitative estimate of drug-likeness (QED) is 0.691. The third kappa shape index (κ3) is 1.36. The summed E-state index contributed by atoms with van der Waals surface area (Å²) in [6.07, 6.45) is 5.32. The third-order valence-electron chi connectivity index (χ3n) is 4.77. The van der Waals surface area contributed by atoms with E-state index in [0.29, 0.717) is 0 Å². The summed E-state index contributed by atoms with van der Waals surface area (Å²) in [5.41, 5.74) is 2.16. The van der Waals surface area contributed by atoms with Crippen LogP contribution in [0.25, 0.3) is 0 Å². The number of carbonyl (C=O) groups excluding carboxylic acids is 1. The average molecular weight is 230 g/mol. The van der Waals surface area contributed by atoms with E-state index in [-0.39, 0.29) is 11.0 Å². The van der Waals surface area contributed by atoms with Crippen LogP contribution in [0, 0.1) is 5.41 Å². The van der Waals surface area contributed by atoms with Gasteiger partial charge in [-0.3, -0.25) is 4.79 Å². The van der Waals surface area contributed by atoms with Crippen LogP contribution in [-0.2, 0) is 6.42 Å².